The smallest absolute Gasteiger partial charge is 0.0802 e. The second kappa shape index (κ2) is 4.83. The molecule has 0 amide bonds. The molecule has 2 heterocycles. The minimum absolute atomic E-state index is 1.08. The Kier molecular flexibility index (Phi) is 2.57. The van der Waals surface area contributed by atoms with E-state index in [9.17, 15) is 0 Å². The monoisotopic (exact) mass is 332 g/mol. The van der Waals surface area contributed by atoms with Gasteiger partial charge in [-0.05, 0) is 62.6 Å². The van der Waals surface area contributed by atoms with Crippen LogP contribution in [0.25, 0.3) is 54.0 Å². The number of rotatable bonds is 0. The summed E-state index contributed by atoms with van der Waals surface area (Å²) in [6.07, 6.45) is 6.27. The van der Waals surface area contributed by atoms with Crippen LogP contribution in [0, 0.1) is 0 Å². The van der Waals surface area contributed by atoms with E-state index >= 15 is 0 Å². The minimum Gasteiger partial charge on any atom is -0.356 e. The number of aryl methyl sites for hydroxylation is 1. The molecular weight excluding hydrogens is 316 g/mol. The zero-order valence-corrected chi connectivity index (χ0v) is 14.4. The van der Waals surface area contributed by atoms with Crippen molar-refractivity contribution in [2.45, 2.75) is 0 Å². The number of hydrogen-bond donors (Lipinski definition) is 0. The molecule has 4 aromatic carbocycles. The molecule has 0 spiro atoms. The number of hydrogen-bond acceptors (Lipinski definition) is 1. The van der Waals surface area contributed by atoms with Crippen LogP contribution in [0.15, 0.2) is 79.3 Å². The highest BCUT2D eigenvalue weighted by atomic mass is 14.9. The zero-order chi connectivity index (χ0) is 17.3. The van der Waals surface area contributed by atoms with Crippen molar-refractivity contribution < 1.29 is 0 Å². The average molecular weight is 332 g/mol. The SMILES string of the molecule is Cn1cc2c3cc4cc5ccccc5cc4cc3c3cccnc3c2c1. The molecule has 0 aliphatic rings. The fraction of sp³-hybridized carbons (Fsp3) is 0.0417. The van der Waals surface area contributed by atoms with Crippen molar-refractivity contribution in [3.63, 3.8) is 0 Å². The molecular formula is C24H16N2. The van der Waals surface area contributed by atoms with E-state index in [1.165, 1.54) is 48.5 Å². The molecule has 0 fully saturated rings. The fourth-order valence-electron chi connectivity index (χ4n) is 4.26. The normalized spacial score (nSPS) is 12.0. The third-order valence-electron chi connectivity index (χ3n) is 5.44. The first kappa shape index (κ1) is 13.9. The summed E-state index contributed by atoms with van der Waals surface area (Å²) in [5.41, 5.74) is 1.08. The first-order valence-electron chi connectivity index (χ1n) is 8.86. The largest absolute Gasteiger partial charge is 0.356 e. The Morgan fingerprint density at radius 2 is 1.27 bits per heavy atom. The number of fused-ring (bicyclic) bond motifs is 8. The molecule has 2 nitrogen and oxygen atoms in total. The lowest BCUT2D eigenvalue weighted by Gasteiger charge is -2.09. The van der Waals surface area contributed by atoms with Gasteiger partial charge in [-0.1, -0.05) is 30.3 Å². The van der Waals surface area contributed by atoms with Gasteiger partial charge in [0.15, 0.2) is 0 Å². The van der Waals surface area contributed by atoms with Crippen molar-refractivity contribution in [3.8, 4) is 0 Å². The van der Waals surface area contributed by atoms with Crippen molar-refractivity contribution in [3.05, 3.63) is 79.3 Å². The third kappa shape index (κ3) is 1.79. The topological polar surface area (TPSA) is 17.8 Å². The summed E-state index contributed by atoms with van der Waals surface area (Å²) in [6.45, 7) is 0. The van der Waals surface area contributed by atoms with Crippen LogP contribution in [0.3, 0.4) is 0 Å². The lowest BCUT2D eigenvalue weighted by molar-refractivity contribution is 0.934. The Morgan fingerprint density at radius 1 is 0.615 bits per heavy atom. The van der Waals surface area contributed by atoms with Crippen LogP contribution in [-0.4, -0.2) is 9.55 Å². The molecule has 0 N–H and O–H groups in total. The molecule has 2 aromatic heterocycles. The lowest BCUT2D eigenvalue weighted by atomic mass is 9.95. The molecule has 6 rings (SSSR count). The molecule has 0 radical (unpaired) electrons. The quantitative estimate of drug-likeness (QED) is 0.240. The van der Waals surface area contributed by atoms with Gasteiger partial charge < -0.3 is 4.57 Å². The fourth-order valence-corrected chi connectivity index (χ4v) is 4.26. The molecule has 0 saturated heterocycles. The molecule has 0 aliphatic heterocycles. The summed E-state index contributed by atoms with van der Waals surface area (Å²) in [7, 11) is 2.08. The molecule has 0 atom stereocenters. The van der Waals surface area contributed by atoms with E-state index in [0.29, 0.717) is 0 Å². The van der Waals surface area contributed by atoms with Gasteiger partial charge in [0.05, 0.1) is 5.52 Å². The molecule has 2 heteroatoms. The predicted octanol–water partition coefficient (Wildman–Crippen LogP) is 6.19. The van der Waals surface area contributed by atoms with Gasteiger partial charge in [-0.25, -0.2) is 0 Å². The standard InChI is InChI=1S/C24H16N2/c1-26-13-22-21-12-18-10-16-6-3-2-5-15(16)9-17(18)11-20(21)19-7-4-8-25-24(19)23(22)14-26/h2-14H,1H3. The zero-order valence-electron chi connectivity index (χ0n) is 14.4. The van der Waals surface area contributed by atoms with Crippen molar-refractivity contribution in [2.75, 3.05) is 0 Å². The summed E-state index contributed by atoms with van der Waals surface area (Å²) >= 11 is 0. The van der Waals surface area contributed by atoms with Crippen LogP contribution in [0.2, 0.25) is 0 Å². The van der Waals surface area contributed by atoms with Crippen LogP contribution < -0.4 is 0 Å². The minimum atomic E-state index is 1.08. The highest BCUT2D eigenvalue weighted by Gasteiger charge is 2.12. The molecule has 0 bridgehead atoms. The van der Waals surface area contributed by atoms with Gasteiger partial charge in [0.1, 0.15) is 0 Å². The number of benzene rings is 4. The maximum atomic E-state index is 4.69. The Bertz CT molecular complexity index is 1490. The molecule has 122 valence electrons. The van der Waals surface area contributed by atoms with Gasteiger partial charge in [-0.3, -0.25) is 4.98 Å². The van der Waals surface area contributed by atoms with Gasteiger partial charge in [0, 0.05) is 41.8 Å². The highest BCUT2D eigenvalue weighted by Crippen LogP contribution is 2.37. The van der Waals surface area contributed by atoms with Gasteiger partial charge in [0.2, 0.25) is 0 Å². The summed E-state index contributed by atoms with van der Waals surface area (Å²) in [5, 5.41) is 11.4. The predicted molar refractivity (Wildman–Crippen MR) is 111 cm³/mol. The highest BCUT2D eigenvalue weighted by molar-refractivity contribution is 6.26. The second-order valence-electron chi connectivity index (χ2n) is 7.09. The maximum absolute atomic E-state index is 4.69. The molecule has 6 aromatic rings. The van der Waals surface area contributed by atoms with Crippen molar-refractivity contribution in [1.29, 1.82) is 0 Å². The summed E-state index contributed by atoms with van der Waals surface area (Å²) in [4.78, 5) is 4.69. The lowest BCUT2D eigenvalue weighted by Crippen LogP contribution is -1.84. The Hall–Kier alpha value is -3.39. The van der Waals surface area contributed by atoms with E-state index in [4.69, 9.17) is 0 Å². The van der Waals surface area contributed by atoms with Crippen LogP contribution in [0.5, 0.6) is 0 Å². The van der Waals surface area contributed by atoms with E-state index in [-0.39, 0.29) is 0 Å². The summed E-state index contributed by atoms with van der Waals surface area (Å²) < 4.78 is 2.13. The first-order valence-corrected chi connectivity index (χ1v) is 8.86. The molecule has 0 unspecified atom stereocenters. The Labute approximate surface area is 150 Å². The van der Waals surface area contributed by atoms with Crippen LogP contribution >= 0.6 is 0 Å². The van der Waals surface area contributed by atoms with Crippen molar-refractivity contribution in [2.24, 2.45) is 7.05 Å². The summed E-state index contributed by atoms with van der Waals surface area (Å²) in [5.74, 6) is 0. The Morgan fingerprint density at radius 3 is 2.00 bits per heavy atom. The summed E-state index contributed by atoms with van der Waals surface area (Å²) in [6, 6.07) is 22.0. The number of aromatic nitrogens is 2. The van der Waals surface area contributed by atoms with E-state index in [2.05, 4.69) is 83.6 Å². The molecule has 0 aliphatic carbocycles. The van der Waals surface area contributed by atoms with Crippen LogP contribution in [0.1, 0.15) is 0 Å². The maximum Gasteiger partial charge on any atom is 0.0802 e. The van der Waals surface area contributed by atoms with Crippen molar-refractivity contribution >= 4 is 54.0 Å². The second-order valence-corrected chi connectivity index (χ2v) is 7.09. The van der Waals surface area contributed by atoms with E-state index < -0.39 is 0 Å². The van der Waals surface area contributed by atoms with Crippen molar-refractivity contribution in [1.82, 2.24) is 9.55 Å². The third-order valence-corrected chi connectivity index (χ3v) is 5.44. The van der Waals surface area contributed by atoms with Crippen LogP contribution in [-0.2, 0) is 7.05 Å². The molecule has 0 saturated carbocycles. The van der Waals surface area contributed by atoms with Gasteiger partial charge in [0.25, 0.3) is 0 Å². The van der Waals surface area contributed by atoms with Crippen LogP contribution in [0.4, 0.5) is 0 Å². The number of nitrogens with zero attached hydrogens (tertiary/aromatic N) is 2. The van der Waals surface area contributed by atoms with E-state index in [1.54, 1.807) is 0 Å². The van der Waals surface area contributed by atoms with Gasteiger partial charge in [-0.2, -0.15) is 0 Å². The number of pyridine rings is 1. The van der Waals surface area contributed by atoms with Gasteiger partial charge >= 0.3 is 0 Å². The van der Waals surface area contributed by atoms with Gasteiger partial charge in [-0.15, -0.1) is 0 Å². The van der Waals surface area contributed by atoms with E-state index in [1.807, 2.05) is 12.3 Å². The molecule has 26 heavy (non-hydrogen) atoms. The first-order chi connectivity index (χ1) is 12.8. The average Bonchev–Trinajstić information content (AvgIpc) is 3.07. The Balaban J connectivity index is 1.90. The van der Waals surface area contributed by atoms with E-state index in [0.717, 1.165) is 5.52 Å².